The first-order chi connectivity index (χ1) is 14.9. The van der Waals surface area contributed by atoms with E-state index in [1.807, 2.05) is 0 Å². The number of carbonyl (C=O) groups is 1. The molecule has 166 valence electrons. The lowest BCUT2D eigenvalue weighted by atomic mass is 10.1. The van der Waals surface area contributed by atoms with E-state index in [0.29, 0.717) is 10.9 Å². The average Bonchev–Trinajstić information content (AvgIpc) is 2.69. The molecule has 0 atom stereocenters. The Bertz CT molecular complexity index is 1320. The zero-order valence-corrected chi connectivity index (χ0v) is 19.9. The van der Waals surface area contributed by atoms with Crippen LogP contribution in [0.1, 0.15) is 26.3 Å². The highest BCUT2D eigenvalue weighted by Gasteiger charge is 2.30. The van der Waals surface area contributed by atoms with Crippen LogP contribution in [0.4, 0.5) is 5.69 Å². The second-order valence-corrected chi connectivity index (χ2v) is 10.8. The summed E-state index contributed by atoms with van der Waals surface area (Å²) in [4.78, 5) is 12.4. The molecule has 0 aromatic heterocycles. The van der Waals surface area contributed by atoms with Crippen molar-refractivity contribution >= 4 is 55.7 Å². The number of benzene rings is 3. The van der Waals surface area contributed by atoms with Crippen LogP contribution in [0.15, 0.2) is 59.5 Å². The van der Waals surface area contributed by atoms with Gasteiger partial charge in [0.05, 0.1) is 22.2 Å². The van der Waals surface area contributed by atoms with Crippen LogP contribution < -0.4 is 4.31 Å². The van der Waals surface area contributed by atoms with Gasteiger partial charge in [0.1, 0.15) is 12.1 Å². The molecule has 0 aliphatic rings. The van der Waals surface area contributed by atoms with Crippen molar-refractivity contribution in [2.75, 3.05) is 10.8 Å². The predicted octanol–water partition coefficient (Wildman–Crippen LogP) is 5.56. The van der Waals surface area contributed by atoms with Gasteiger partial charge in [-0.05, 0) is 74.0 Å². The van der Waals surface area contributed by atoms with Crippen molar-refractivity contribution in [1.29, 1.82) is 5.26 Å². The first kappa shape index (κ1) is 23.9. The maximum Gasteiger partial charge on any atom is 0.327 e. The van der Waals surface area contributed by atoms with Crippen LogP contribution >= 0.6 is 23.2 Å². The van der Waals surface area contributed by atoms with Gasteiger partial charge >= 0.3 is 5.97 Å². The molecule has 0 bridgehead atoms. The molecule has 3 rings (SSSR count). The lowest BCUT2D eigenvalue weighted by Crippen LogP contribution is -2.39. The Morgan fingerprint density at radius 2 is 1.59 bits per heavy atom. The van der Waals surface area contributed by atoms with Crippen molar-refractivity contribution in [2.45, 2.75) is 31.3 Å². The minimum absolute atomic E-state index is 0.149. The van der Waals surface area contributed by atoms with E-state index < -0.39 is 28.1 Å². The number of nitrogens with zero attached hydrogens (tertiary/aromatic N) is 2. The molecule has 0 heterocycles. The summed E-state index contributed by atoms with van der Waals surface area (Å²) in [5.41, 5.74) is -0.0515. The highest BCUT2D eigenvalue weighted by molar-refractivity contribution is 7.92. The minimum Gasteiger partial charge on any atom is -0.459 e. The molecule has 0 saturated carbocycles. The summed E-state index contributed by atoms with van der Waals surface area (Å²) in [6.45, 7) is 4.54. The number of fused-ring (bicyclic) bond motifs is 1. The van der Waals surface area contributed by atoms with Crippen molar-refractivity contribution in [3.8, 4) is 6.07 Å². The molecule has 0 unspecified atom stereocenters. The standard InChI is InChI=1S/C23H20Cl2N2O4S/c1-23(2,3)31-22(28)14-27(32(29,30)21-11-18(24)10-19(25)12-21)20-7-6-16-8-15(13-26)4-5-17(16)9-20/h4-12H,14H2,1-3H3. The molecule has 0 fully saturated rings. The van der Waals surface area contributed by atoms with Gasteiger partial charge in [-0.25, -0.2) is 8.42 Å². The number of hydrogen-bond acceptors (Lipinski definition) is 5. The van der Waals surface area contributed by atoms with Crippen LogP contribution in [0.2, 0.25) is 10.0 Å². The summed E-state index contributed by atoms with van der Waals surface area (Å²) in [5.74, 6) is -0.714. The maximum atomic E-state index is 13.5. The number of carbonyl (C=O) groups excluding carboxylic acids is 1. The van der Waals surface area contributed by atoms with Gasteiger partial charge in [-0.3, -0.25) is 9.10 Å². The van der Waals surface area contributed by atoms with E-state index in [0.717, 1.165) is 9.69 Å². The number of halogens is 2. The molecule has 0 amide bonds. The highest BCUT2D eigenvalue weighted by Crippen LogP contribution is 2.30. The summed E-state index contributed by atoms with van der Waals surface area (Å²) < 4.78 is 33.4. The van der Waals surface area contributed by atoms with Gasteiger partial charge in [0.2, 0.25) is 0 Å². The number of esters is 1. The number of ether oxygens (including phenoxy) is 1. The Hall–Kier alpha value is -2.79. The zero-order valence-electron chi connectivity index (χ0n) is 17.6. The Balaban J connectivity index is 2.13. The topological polar surface area (TPSA) is 87.5 Å². The first-order valence-electron chi connectivity index (χ1n) is 9.54. The molecule has 32 heavy (non-hydrogen) atoms. The van der Waals surface area contributed by atoms with Crippen LogP contribution in [0.3, 0.4) is 0 Å². The number of hydrogen-bond donors (Lipinski definition) is 0. The monoisotopic (exact) mass is 490 g/mol. The van der Waals surface area contributed by atoms with Gasteiger partial charge in [-0.15, -0.1) is 0 Å². The van der Waals surface area contributed by atoms with Crippen molar-refractivity contribution in [2.24, 2.45) is 0 Å². The van der Waals surface area contributed by atoms with Crippen molar-refractivity contribution in [3.63, 3.8) is 0 Å². The fraction of sp³-hybridized carbons (Fsp3) is 0.217. The van der Waals surface area contributed by atoms with Gasteiger partial charge in [0, 0.05) is 10.0 Å². The quantitative estimate of drug-likeness (QED) is 0.437. The number of sulfonamides is 1. The third-order valence-corrected chi connectivity index (χ3v) is 6.55. The summed E-state index contributed by atoms with van der Waals surface area (Å²) in [6.07, 6.45) is 0. The molecule has 0 aliphatic carbocycles. The van der Waals surface area contributed by atoms with Crippen molar-refractivity contribution in [3.05, 3.63) is 70.2 Å². The molecule has 0 saturated heterocycles. The SMILES string of the molecule is CC(C)(C)OC(=O)CN(c1ccc2cc(C#N)ccc2c1)S(=O)(=O)c1cc(Cl)cc(Cl)c1. The summed E-state index contributed by atoms with van der Waals surface area (Å²) in [7, 11) is -4.22. The van der Waals surface area contributed by atoms with Crippen molar-refractivity contribution < 1.29 is 17.9 Å². The van der Waals surface area contributed by atoms with E-state index in [4.69, 9.17) is 33.2 Å². The smallest absolute Gasteiger partial charge is 0.327 e. The number of rotatable bonds is 5. The minimum atomic E-state index is -4.22. The van der Waals surface area contributed by atoms with Crippen LogP contribution in [0.5, 0.6) is 0 Å². The van der Waals surface area contributed by atoms with E-state index in [1.54, 1.807) is 57.2 Å². The summed E-state index contributed by atoms with van der Waals surface area (Å²) >= 11 is 12.0. The van der Waals surface area contributed by atoms with Crippen LogP contribution in [0.25, 0.3) is 10.8 Å². The van der Waals surface area contributed by atoms with Gasteiger partial charge in [-0.2, -0.15) is 5.26 Å². The van der Waals surface area contributed by atoms with Gasteiger partial charge in [-0.1, -0.05) is 35.3 Å². The van der Waals surface area contributed by atoms with E-state index in [2.05, 4.69) is 6.07 Å². The second kappa shape index (κ2) is 8.99. The second-order valence-electron chi connectivity index (χ2n) is 8.06. The average molecular weight is 491 g/mol. The van der Waals surface area contributed by atoms with Gasteiger partial charge in [0.25, 0.3) is 10.0 Å². The summed E-state index contributed by atoms with van der Waals surface area (Å²) in [6, 6.07) is 16.0. The Morgan fingerprint density at radius 3 is 2.19 bits per heavy atom. The fourth-order valence-electron chi connectivity index (χ4n) is 3.07. The molecular formula is C23H20Cl2N2O4S. The number of anilines is 1. The molecule has 0 aliphatic heterocycles. The molecule has 3 aromatic rings. The normalized spacial score (nSPS) is 11.8. The lowest BCUT2D eigenvalue weighted by Gasteiger charge is -2.26. The highest BCUT2D eigenvalue weighted by atomic mass is 35.5. The molecule has 9 heteroatoms. The van der Waals surface area contributed by atoms with Gasteiger partial charge < -0.3 is 4.74 Å². The van der Waals surface area contributed by atoms with Crippen LogP contribution in [-0.2, 0) is 19.6 Å². The van der Waals surface area contributed by atoms with E-state index >= 15 is 0 Å². The molecule has 0 spiro atoms. The Labute approximate surface area is 197 Å². The van der Waals surface area contributed by atoms with E-state index in [-0.39, 0.29) is 20.6 Å². The fourth-order valence-corrected chi connectivity index (χ4v) is 5.20. The summed E-state index contributed by atoms with van der Waals surface area (Å²) in [5, 5.41) is 10.9. The lowest BCUT2D eigenvalue weighted by molar-refractivity contribution is -0.152. The third-order valence-electron chi connectivity index (χ3n) is 4.36. The predicted molar refractivity (Wildman–Crippen MR) is 126 cm³/mol. The van der Waals surface area contributed by atoms with Crippen LogP contribution in [-0.4, -0.2) is 26.5 Å². The van der Waals surface area contributed by atoms with Crippen LogP contribution in [0, 0.1) is 11.3 Å². The first-order valence-corrected chi connectivity index (χ1v) is 11.7. The molecule has 0 radical (unpaired) electrons. The maximum absolute atomic E-state index is 13.5. The Morgan fingerprint density at radius 1 is 1.00 bits per heavy atom. The van der Waals surface area contributed by atoms with Crippen molar-refractivity contribution in [1.82, 2.24) is 0 Å². The molecule has 6 nitrogen and oxygen atoms in total. The molecule has 0 N–H and O–H groups in total. The zero-order chi connectivity index (χ0) is 23.7. The van der Waals surface area contributed by atoms with Gasteiger partial charge in [0.15, 0.2) is 0 Å². The third kappa shape index (κ3) is 5.52. The van der Waals surface area contributed by atoms with E-state index in [1.165, 1.54) is 18.2 Å². The number of nitriles is 1. The largest absolute Gasteiger partial charge is 0.459 e. The molecule has 3 aromatic carbocycles. The molecular weight excluding hydrogens is 471 g/mol. The van der Waals surface area contributed by atoms with E-state index in [9.17, 15) is 13.2 Å². The Kier molecular flexibility index (Phi) is 6.70.